The Labute approximate surface area is 91.3 Å². The molecule has 0 aliphatic rings. The van der Waals surface area contributed by atoms with E-state index >= 15 is 0 Å². The summed E-state index contributed by atoms with van der Waals surface area (Å²) < 4.78 is 45.8. The molecule has 0 aromatic carbocycles. The number of primary sulfonamides is 1. The highest BCUT2D eigenvalue weighted by molar-refractivity contribution is 7.90. The number of nitrogens with two attached hydrogens (primary N) is 1. The van der Waals surface area contributed by atoms with Crippen molar-refractivity contribution in [2.75, 3.05) is 18.1 Å². The fourth-order valence-electron chi connectivity index (χ4n) is 0.802. The molecule has 92 valence electrons. The van der Waals surface area contributed by atoms with Gasteiger partial charge in [-0.05, 0) is 12.3 Å². The molecule has 3 N–H and O–H groups in total. The van der Waals surface area contributed by atoms with Crippen LogP contribution in [-0.2, 0) is 20.0 Å². The topological polar surface area (TPSA) is 106 Å². The third-order valence-electron chi connectivity index (χ3n) is 1.67. The zero-order valence-electron chi connectivity index (χ0n) is 8.93. The van der Waals surface area contributed by atoms with E-state index in [1.165, 1.54) is 0 Å². The van der Waals surface area contributed by atoms with Crippen molar-refractivity contribution in [2.24, 2.45) is 11.1 Å². The molecule has 0 spiro atoms. The van der Waals surface area contributed by atoms with Gasteiger partial charge in [-0.3, -0.25) is 0 Å². The minimum atomic E-state index is -3.60. The van der Waals surface area contributed by atoms with E-state index in [9.17, 15) is 16.8 Å². The lowest BCUT2D eigenvalue weighted by Gasteiger charge is -2.07. The van der Waals surface area contributed by atoms with E-state index in [4.69, 9.17) is 5.14 Å². The van der Waals surface area contributed by atoms with Crippen molar-refractivity contribution in [2.45, 2.75) is 20.3 Å². The van der Waals surface area contributed by atoms with Gasteiger partial charge in [0.15, 0.2) is 0 Å². The van der Waals surface area contributed by atoms with Crippen LogP contribution in [0, 0.1) is 5.92 Å². The quantitative estimate of drug-likeness (QED) is 0.626. The Hall–Kier alpha value is -0.180. The van der Waals surface area contributed by atoms with Crippen LogP contribution >= 0.6 is 0 Å². The molecule has 0 amide bonds. The van der Waals surface area contributed by atoms with E-state index in [-0.39, 0.29) is 18.1 Å². The highest BCUT2D eigenvalue weighted by Crippen LogP contribution is 2.01. The van der Waals surface area contributed by atoms with Crippen molar-refractivity contribution < 1.29 is 16.8 Å². The first-order valence-electron chi connectivity index (χ1n) is 4.60. The molecular weight excluding hydrogens is 240 g/mol. The maximum Gasteiger partial charge on any atom is 0.211 e. The molecule has 0 rings (SSSR count). The summed E-state index contributed by atoms with van der Waals surface area (Å²) in [5.41, 5.74) is 0. The molecule has 0 fully saturated rings. The van der Waals surface area contributed by atoms with Gasteiger partial charge < -0.3 is 0 Å². The molecule has 0 bridgehead atoms. The van der Waals surface area contributed by atoms with E-state index in [1.807, 2.05) is 13.8 Å². The van der Waals surface area contributed by atoms with Gasteiger partial charge in [0.1, 0.15) is 0 Å². The summed E-state index contributed by atoms with van der Waals surface area (Å²) in [7, 11) is -6.97. The molecule has 0 saturated carbocycles. The van der Waals surface area contributed by atoms with Gasteiger partial charge in [0, 0.05) is 6.54 Å². The molecule has 0 saturated heterocycles. The van der Waals surface area contributed by atoms with Gasteiger partial charge in [0.05, 0.1) is 11.5 Å². The van der Waals surface area contributed by atoms with Gasteiger partial charge in [0.2, 0.25) is 20.0 Å². The maximum absolute atomic E-state index is 11.3. The number of rotatable bonds is 7. The van der Waals surface area contributed by atoms with Gasteiger partial charge in [-0.15, -0.1) is 0 Å². The molecule has 6 nitrogen and oxygen atoms in total. The van der Waals surface area contributed by atoms with Crippen LogP contribution < -0.4 is 9.86 Å². The van der Waals surface area contributed by atoms with Gasteiger partial charge in [0.25, 0.3) is 0 Å². The van der Waals surface area contributed by atoms with Gasteiger partial charge in [-0.25, -0.2) is 26.7 Å². The molecular formula is C7H18N2O4S2. The normalized spacial score (nSPS) is 13.3. The van der Waals surface area contributed by atoms with Gasteiger partial charge in [-0.2, -0.15) is 0 Å². The summed E-state index contributed by atoms with van der Waals surface area (Å²) in [5, 5.41) is 4.72. The second-order valence-corrected chi connectivity index (χ2v) is 7.42. The highest BCUT2D eigenvalue weighted by atomic mass is 32.2. The molecule has 8 heteroatoms. The zero-order valence-corrected chi connectivity index (χ0v) is 10.6. The van der Waals surface area contributed by atoms with E-state index in [0.29, 0.717) is 12.3 Å². The smallest absolute Gasteiger partial charge is 0.211 e. The third kappa shape index (κ3) is 10.1. The van der Waals surface area contributed by atoms with Crippen LogP contribution in [0.25, 0.3) is 0 Å². The van der Waals surface area contributed by atoms with Crippen molar-refractivity contribution in [3.05, 3.63) is 0 Å². The van der Waals surface area contributed by atoms with E-state index in [0.717, 1.165) is 0 Å². The number of nitrogens with one attached hydrogen (secondary N) is 1. The van der Waals surface area contributed by atoms with Crippen LogP contribution in [-0.4, -0.2) is 34.9 Å². The Balaban J connectivity index is 3.96. The van der Waals surface area contributed by atoms with Crippen molar-refractivity contribution in [3.8, 4) is 0 Å². The molecule has 0 radical (unpaired) electrons. The predicted octanol–water partition coefficient (Wildman–Crippen LogP) is -0.760. The Kier molecular flexibility index (Phi) is 5.71. The van der Waals surface area contributed by atoms with Crippen LogP contribution in [0.2, 0.25) is 0 Å². The predicted molar refractivity (Wildman–Crippen MR) is 59.2 cm³/mol. The van der Waals surface area contributed by atoms with Crippen LogP contribution in [0.3, 0.4) is 0 Å². The Morgan fingerprint density at radius 1 is 1.13 bits per heavy atom. The molecule has 0 aromatic rings. The SMILES string of the molecule is CC(C)CCS(=O)(=O)NCCS(N)(=O)=O. The molecule has 0 aromatic heterocycles. The van der Waals surface area contributed by atoms with Crippen LogP contribution in [0.1, 0.15) is 20.3 Å². The van der Waals surface area contributed by atoms with Crippen LogP contribution in [0.15, 0.2) is 0 Å². The minimum absolute atomic E-state index is 0.00921. The first kappa shape index (κ1) is 14.8. The molecule has 0 aliphatic carbocycles. The lowest BCUT2D eigenvalue weighted by molar-refractivity contribution is 0.563. The van der Waals surface area contributed by atoms with Crippen molar-refractivity contribution in [3.63, 3.8) is 0 Å². The summed E-state index contributed by atoms with van der Waals surface area (Å²) in [6.45, 7) is 3.67. The van der Waals surface area contributed by atoms with E-state index in [1.54, 1.807) is 0 Å². The fraction of sp³-hybridized carbons (Fsp3) is 1.00. The van der Waals surface area contributed by atoms with Crippen molar-refractivity contribution >= 4 is 20.0 Å². The second-order valence-electron chi connectivity index (χ2n) is 3.76. The largest absolute Gasteiger partial charge is 0.229 e. The third-order valence-corrected chi connectivity index (χ3v) is 3.86. The number of hydrogen-bond acceptors (Lipinski definition) is 4. The molecule has 0 atom stereocenters. The standard InChI is InChI=1S/C7H18N2O4S2/c1-7(2)3-5-15(12,13)9-4-6-14(8,10)11/h7,9H,3-6H2,1-2H3,(H2,8,10,11). The number of sulfonamides is 2. The van der Waals surface area contributed by atoms with Gasteiger partial charge >= 0.3 is 0 Å². The monoisotopic (exact) mass is 258 g/mol. The van der Waals surface area contributed by atoms with Gasteiger partial charge in [-0.1, -0.05) is 13.8 Å². The lowest BCUT2D eigenvalue weighted by atomic mass is 10.2. The lowest BCUT2D eigenvalue weighted by Crippen LogP contribution is -2.33. The molecule has 0 heterocycles. The van der Waals surface area contributed by atoms with E-state index < -0.39 is 20.0 Å². The van der Waals surface area contributed by atoms with Crippen molar-refractivity contribution in [1.82, 2.24) is 4.72 Å². The zero-order chi connectivity index (χ0) is 12.1. The summed E-state index contributed by atoms with van der Waals surface area (Å²) >= 11 is 0. The molecule has 15 heavy (non-hydrogen) atoms. The fourth-order valence-corrected chi connectivity index (χ4v) is 2.66. The Bertz CT molecular complexity index is 372. The molecule has 0 unspecified atom stereocenters. The van der Waals surface area contributed by atoms with Crippen LogP contribution in [0.4, 0.5) is 0 Å². The number of hydrogen-bond donors (Lipinski definition) is 2. The van der Waals surface area contributed by atoms with Crippen molar-refractivity contribution in [1.29, 1.82) is 0 Å². The molecule has 0 aliphatic heterocycles. The first-order valence-corrected chi connectivity index (χ1v) is 7.97. The Morgan fingerprint density at radius 2 is 1.67 bits per heavy atom. The summed E-state index contributed by atoms with van der Waals surface area (Å²) in [4.78, 5) is 0. The average Bonchev–Trinajstić information content (AvgIpc) is 1.98. The first-order chi connectivity index (χ1) is 6.62. The summed E-state index contributed by atoms with van der Waals surface area (Å²) in [6.07, 6.45) is 0.546. The highest BCUT2D eigenvalue weighted by Gasteiger charge is 2.12. The second kappa shape index (κ2) is 5.78. The van der Waals surface area contributed by atoms with Crippen LogP contribution in [0.5, 0.6) is 0 Å². The average molecular weight is 258 g/mol. The van der Waals surface area contributed by atoms with E-state index in [2.05, 4.69) is 4.72 Å². The maximum atomic E-state index is 11.3. The Morgan fingerprint density at radius 3 is 2.07 bits per heavy atom. The summed E-state index contributed by atoms with van der Waals surface area (Å²) in [5.74, 6) is -0.0803. The minimum Gasteiger partial charge on any atom is -0.229 e. The summed E-state index contributed by atoms with van der Waals surface area (Å²) in [6, 6.07) is 0.